The fourth-order valence-corrected chi connectivity index (χ4v) is 9.27. The number of hydrogen-bond donors (Lipinski definition) is 0. The van der Waals surface area contributed by atoms with Crippen LogP contribution in [0.15, 0.2) is 215 Å². The molecule has 4 aromatic heterocycles. The van der Waals surface area contributed by atoms with Crippen LogP contribution in [0.4, 0.5) is 0 Å². The molecule has 0 bridgehead atoms. The second-order valence-electron chi connectivity index (χ2n) is 16.0. The predicted molar refractivity (Wildman–Crippen MR) is 256 cm³/mol. The molecule has 294 valence electrons. The summed E-state index contributed by atoms with van der Waals surface area (Å²) in [6.07, 6.45) is 0. The summed E-state index contributed by atoms with van der Waals surface area (Å²) in [4.78, 5) is 15.4. The van der Waals surface area contributed by atoms with Gasteiger partial charge in [0.25, 0.3) is 0 Å². The van der Waals surface area contributed by atoms with E-state index in [9.17, 15) is 0 Å². The maximum Gasteiger partial charge on any atom is 0.164 e. The smallest absolute Gasteiger partial charge is 0.164 e. The molecule has 0 fully saturated rings. The molecule has 6 heteroatoms. The molecule has 4 heterocycles. The number of rotatable bonds is 6. The lowest BCUT2D eigenvalue weighted by molar-refractivity contribution is 0.668. The Balaban J connectivity index is 0.937. The van der Waals surface area contributed by atoms with Crippen LogP contribution >= 0.6 is 0 Å². The molecule has 13 rings (SSSR count). The van der Waals surface area contributed by atoms with Crippen LogP contribution in [-0.4, -0.2) is 19.5 Å². The first-order chi connectivity index (χ1) is 31.2. The molecule has 6 nitrogen and oxygen atoms in total. The van der Waals surface area contributed by atoms with Gasteiger partial charge in [-0.25, -0.2) is 15.0 Å². The minimum atomic E-state index is 0.554. The van der Waals surface area contributed by atoms with Crippen LogP contribution in [0.25, 0.3) is 128 Å². The van der Waals surface area contributed by atoms with Crippen molar-refractivity contribution in [1.29, 1.82) is 0 Å². The molecular formula is C57H34N4O2. The van der Waals surface area contributed by atoms with Gasteiger partial charge >= 0.3 is 0 Å². The molecule has 0 aliphatic rings. The topological polar surface area (TPSA) is 69.9 Å². The maximum absolute atomic E-state index is 6.60. The van der Waals surface area contributed by atoms with Crippen LogP contribution in [0.1, 0.15) is 0 Å². The average Bonchev–Trinajstić information content (AvgIpc) is 4.03. The Kier molecular flexibility index (Phi) is 7.80. The van der Waals surface area contributed by atoms with E-state index < -0.39 is 0 Å². The highest BCUT2D eigenvalue weighted by molar-refractivity contribution is 6.13. The van der Waals surface area contributed by atoms with Crippen molar-refractivity contribution in [3.8, 4) is 62.1 Å². The van der Waals surface area contributed by atoms with Crippen LogP contribution in [0, 0.1) is 0 Å². The first kappa shape index (κ1) is 35.2. The summed E-state index contributed by atoms with van der Waals surface area (Å²) >= 11 is 0. The molecule has 9 aromatic carbocycles. The van der Waals surface area contributed by atoms with Gasteiger partial charge in [0.05, 0.1) is 11.0 Å². The van der Waals surface area contributed by atoms with Gasteiger partial charge in [0, 0.05) is 54.7 Å². The van der Waals surface area contributed by atoms with Crippen molar-refractivity contribution < 1.29 is 8.83 Å². The highest BCUT2D eigenvalue weighted by atomic mass is 16.3. The van der Waals surface area contributed by atoms with Gasteiger partial charge in [0.1, 0.15) is 22.3 Å². The summed E-state index contributed by atoms with van der Waals surface area (Å²) in [5, 5.41) is 6.46. The van der Waals surface area contributed by atoms with Gasteiger partial charge < -0.3 is 13.4 Å². The van der Waals surface area contributed by atoms with Crippen LogP contribution in [0.3, 0.4) is 0 Å². The summed E-state index contributed by atoms with van der Waals surface area (Å²) in [7, 11) is 0. The molecule has 0 amide bonds. The second kappa shape index (κ2) is 14.0. The maximum atomic E-state index is 6.60. The molecule has 0 unspecified atom stereocenters. The van der Waals surface area contributed by atoms with Crippen molar-refractivity contribution in [1.82, 2.24) is 19.5 Å². The van der Waals surface area contributed by atoms with Crippen molar-refractivity contribution in [2.45, 2.75) is 0 Å². The monoisotopic (exact) mass is 806 g/mol. The Morgan fingerprint density at radius 2 is 0.889 bits per heavy atom. The second-order valence-corrected chi connectivity index (χ2v) is 16.0. The van der Waals surface area contributed by atoms with Crippen molar-refractivity contribution >= 4 is 65.7 Å². The van der Waals surface area contributed by atoms with Crippen molar-refractivity contribution in [2.75, 3.05) is 0 Å². The van der Waals surface area contributed by atoms with E-state index in [1.807, 2.05) is 54.6 Å². The molecule has 0 radical (unpaired) electrons. The number of hydrogen-bond acceptors (Lipinski definition) is 5. The molecule has 0 N–H and O–H groups in total. The number of benzene rings is 9. The Morgan fingerprint density at radius 1 is 0.302 bits per heavy atom. The summed E-state index contributed by atoms with van der Waals surface area (Å²) in [5.74, 6) is 1.71. The minimum absolute atomic E-state index is 0.554. The third kappa shape index (κ3) is 5.76. The molecule has 13 aromatic rings. The number of aromatic nitrogens is 4. The highest BCUT2D eigenvalue weighted by Gasteiger charge is 2.20. The molecule has 63 heavy (non-hydrogen) atoms. The fraction of sp³-hybridized carbons (Fsp3) is 0. The van der Waals surface area contributed by atoms with E-state index in [2.05, 4.69) is 156 Å². The highest BCUT2D eigenvalue weighted by Crippen LogP contribution is 2.40. The third-order valence-corrected chi connectivity index (χ3v) is 12.3. The van der Waals surface area contributed by atoms with E-state index in [4.69, 9.17) is 23.8 Å². The molecular weight excluding hydrogens is 773 g/mol. The van der Waals surface area contributed by atoms with E-state index in [1.165, 1.54) is 21.9 Å². The third-order valence-electron chi connectivity index (χ3n) is 12.3. The number of para-hydroxylation sites is 1. The first-order valence-electron chi connectivity index (χ1n) is 21.1. The van der Waals surface area contributed by atoms with Gasteiger partial charge in [-0.2, -0.15) is 0 Å². The van der Waals surface area contributed by atoms with E-state index in [0.717, 1.165) is 88.4 Å². The summed E-state index contributed by atoms with van der Waals surface area (Å²) in [5.41, 5.74) is 13.8. The standard InChI is InChI=1S/C57H34N4O2/c1-4-13-35(14-5-1)38-25-29-49-46(31-38)42-19-10-11-21-48(42)61(49)41-26-30-50-47(34-41)43-27-24-40(33-52(43)62-50)56-58-55(37-17-8-3-9-18-37)59-57(60-56)45-20-12-22-51-54(45)44-28-23-39(32-53(44)63-51)36-15-6-2-7-16-36/h1-34H. The minimum Gasteiger partial charge on any atom is -0.456 e. The lowest BCUT2D eigenvalue weighted by atomic mass is 10.0. The van der Waals surface area contributed by atoms with Crippen molar-refractivity contribution in [3.05, 3.63) is 206 Å². The van der Waals surface area contributed by atoms with Crippen molar-refractivity contribution in [2.24, 2.45) is 0 Å². The Labute approximate surface area is 361 Å². The molecule has 0 atom stereocenters. The molecule has 0 aliphatic heterocycles. The van der Waals surface area contributed by atoms with Crippen LogP contribution in [0.5, 0.6) is 0 Å². The van der Waals surface area contributed by atoms with Gasteiger partial charge in [-0.3, -0.25) is 0 Å². The molecule has 0 saturated carbocycles. The zero-order valence-corrected chi connectivity index (χ0v) is 33.7. The van der Waals surface area contributed by atoms with E-state index in [-0.39, 0.29) is 0 Å². The zero-order chi connectivity index (χ0) is 41.4. The van der Waals surface area contributed by atoms with Gasteiger partial charge in [-0.05, 0) is 89.0 Å². The zero-order valence-electron chi connectivity index (χ0n) is 33.7. The van der Waals surface area contributed by atoms with Gasteiger partial charge in [-0.15, -0.1) is 0 Å². The van der Waals surface area contributed by atoms with E-state index in [0.29, 0.717) is 17.5 Å². The molecule has 0 spiro atoms. The normalized spacial score (nSPS) is 11.8. The van der Waals surface area contributed by atoms with E-state index in [1.54, 1.807) is 0 Å². The van der Waals surface area contributed by atoms with Crippen LogP contribution in [-0.2, 0) is 0 Å². The lowest BCUT2D eigenvalue weighted by Gasteiger charge is -2.09. The Hall–Kier alpha value is -8.61. The number of furan rings is 2. The molecule has 0 aliphatic carbocycles. The quantitative estimate of drug-likeness (QED) is 0.167. The SMILES string of the molecule is c1ccc(-c2ccc3c(c2)oc2cccc(-c4nc(-c5ccccc5)nc(-c5ccc6c(c5)oc5ccc(-n7c8ccccc8c8cc(-c9ccccc9)ccc87)cc56)n4)c23)cc1. The molecule has 0 saturated heterocycles. The Morgan fingerprint density at radius 3 is 1.68 bits per heavy atom. The fourth-order valence-electron chi connectivity index (χ4n) is 9.27. The number of nitrogens with zero attached hydrogens (tertiary/aromatic N) is 4. The number of fused-ring (bicyclic) bond motifs is 9. The largest absolute Gasteiger partial charge is 0.456 e. The first-order valence-corrected chi connectivity index (χ1v) is 21.1. The average molecular weight is 807 g/mol. The van der Waals surface area contributed by atoms with Crippen LogP contribution in [0.2, 0.25) is 0 Å². The van der Waals surface area contributed by atoms with Gasteiger partial charge in [0.2, 0.25) is 0 Å². The summed E-state index contributed by atoms with van der Waals surface area (Å²) in [6.45, 7) is 0. The summed E-state index contributed by atoms with van der Waals surface area (Å²) < 4.78 is 15.5. The lowest BCUT2D eigenvalue weighted by Crippen LogP contribution is -2.00. The predicted octanol–water partition coefficient (Wildman–Crippen LogP) is 15.1. The summed E-state index contributed by atoms with van der Waals surface area (Å²) in [6, 6.07) is 71.6. The van der Waals surface area contributed by atoms with Crippen LogP contribution < -0.4 is 0 Å². The Bertz CT molecular complexity index is 3900. The van der Waals surface area contributed by atoms with Gasteiger partial charge in [-0.1, -0.05) is 140 Å². The van der Waals surface area contributed by atoms with Crippen molar-refractivity contribution in [3.63, 3.8) is 0 Å². The van der Waals surface area contributed by atoms with Gasteiger partial charge in [0.15, 0.2) is 17.5 Å². The van der Waals surface area contributed by atoms with E-state index >= 15 is 0 Å².